The first-order valence-electron chi connectivity index (χ1n) is 2.63. The molecule has 2 nitrogen and oxygen atoms in total. The van der Waals surface area contributed by atoms with Gasteiger partial charge < -0.3 is 4.74 Å². The molecule has 1 unspecified atom stereocenters. The van der Waals surface area contributed by atoms with Crippen LogP contribution < -0.4 is 5.32 Å². The number of rotatable bonds is 1. The van der Waals surface area contributed by atoms with Crippen LogP contribution in [0.5, 0.6) is 0 Å². The molecule has 0 aliphatic carbocycles. The smallest absolute Gasteiger partial charge is 0.108 e. The van der Waals surface area contributed by atoms with Crippen molar-refractivity contribution in [3.05, 3.63) is 6.54 Å². The molecule has 1 atom stereocenters. The van der Waals surface area contributed by atoms with Gasteiger partial charge in [0.15, 0.2) is 0 Å². The van der Waals surface area contributed by atoms with Gasteiger partial charge in [-0.1, -0.05) is 6.92 Å². The van der Waals surface area contributed by atoms with Crippen molar-refractivity contribution in [3.8, 4) is 0 Å². The predicted molar refractivity (Wildman–Crippen MR) is 27.5 cm³/mol. The van der Waals surface area contributed by atoms with Crippen LogP contribution in [-0.4, -0.2) is 12.8 Å². The molecule has 1 aliphatic heterocycles. The molecule has 0 aromatic carbocycles. The monoisotopic (exact) mass is 100 g/mol. The van der Waals surface area contributed by atoms with Crippen LogP contribution in [0, 0.1) is 6.54 Å². The lowest BCUT2D eigenvalue weighted by Crippen LogP contribution is -2.18. The highest BCUT2D eigenvalue weighted by molar-refractivity contribution is 4.70. The molecule has 0 bridgehead atoms. The highest BCUT2D eigenvalue weighted by Gasteiger charge is 2.10. The Balaban J connectivity index is 2.14. The van der Waals surface area contributed by atoms with Crippen molar-refractivity contribution in [1.29, 1.82) is 0 Å². The van der Waals surface area contributed by atoms with E-state index >= 15 is 0 Å². The van der Waals surface area contributed by atoms with Gasteiger partial charge in [-0.2, -0.15) is 0 Å². The van der Waals surface area contributed by atoms with Gasteiger partial charge in [-0.15, -0.1) is 0 Å². The molecule has 1 heterocycles. The molecule has 0 aromatic heterocycles. The molecule has 7 heavy (non-hydrogen) atoms. The summed E-state index contributed by atoms with van der Waals surface area (Å²) in [5.41, 5.74) is 0. The minimum Gasteiger partial charge on any atom is -0.362 e. The molecule has 2 heteroatoms. The van der Waals surface area contributed by atoms with Crippen molar-refractivity contribution in [2.75, 3.05) is 6.61 Å². The maximum atomic E-state index is 5.14. The lowest BCUT2D eigenvalue weighted by atomic mass is 10.4. The Morgan fingerprint density at radius 1 is 2.00 bits per heavy atom. The zero-order valence-electron chi connectivity index (χ0n) is 4.48. The van der Waals surface area contributed by atoms with Crippen LogP contribution in [0.1, 0.15) is 13.3 Å². The standard InChI is InChI=1S/C5H10NO/c1-2-5-6-3-4-7-5/h3,5-6H,2,4H2,1H3. The van der Waals surface area contributed by atoms with E-state index in [0.29, 0.717) is 6.23 Å². The van der Waals surface area contributed by atoms with E-state index in [2.05, 4.69) is 12.2 Å². The Morgan fingerprint density at radius 2 is 2.86 bits per heavy atom. The van der Waals surface area contributed by atoms with E-state index in [1.807, 2.05) is 6.54 Å². The normalized spacial score (nSPS) is 31.3. The molecule has 1 N–H and O–H groups in total. The fraction of sp³-hybridized carbons (Fsp3) is 0.800. The molecule has 1 aliphatic rings. The first-order chi connectivity index (χ1) is 3.43. The summed E-state index contributed by atoms with van der Waals surface area (Å²) in [7, 11) is 0. The summed E-state index contributed by atoms with van der Waals surface area (Å²) < 4.78 is 5.14. The van der Waals surface area contributed by atoms with Crippen molar-refractivity contribution in [3.63, 3.8) is 0 Å². The van der Waals surface area contributed by atoms with Gasteiger partial charge in [0.05, 0.1) is 13.2 Å². The van der Waals surface area contributed by atoms with Gasteiger partial charge in [0.2, 0.25) is 0 Å². The lowest BCUT2D eigenvalue weighted by Gasteiger charge is -2.02. The van der Waals surface area contributed by atoms with E-state index in [4.69, 9.17) is 4.74 Å². The lowest BCUT2D eigenvalue weighted by molar-refractivity contribution is 0.0990. The maximum Gasteiger partial charge on any atom is 0.108 e. The molecular formula is C5H10NO. The first kappa shape index (κ1) is 5.06. The highest BCUT2D eigenvalue weighted by atomic mass is 16.5. The minimum atomic E-state index is 0.292. The van der Waals surface area contributed by atoms with Crippen molar-refractivity contribution in [2.24, 2.45) is 0 Å². The van der Waals surface area contributed by atoms with Crippen molar-refractivity contribution in [2.45, 2.75) is 19.6 Å². The Hall–Kier alpha value is -0.0800. The molecule has 1 fully saturated rings. The molecule has 0 aromatic rings. The number of nitrogens with one attached hydrogen (secondary N) is 1. The van der Waals surface area contributed by atoms with Crippen LogP contribution >= 0.6 is 0 Å². The fourth-order valence-electron chi connectivity index (χ4n) is 0.628. The molecule has 1 radical (unpaired) electrons. The zero-order chi connectivity index (χ0) is 5.11. The SMILES string of the molecule is CCC1N[CH]CO1. The quantitative estimate of drug-likeness (QED) is 0.518. The molecule has 41 valence electrons. The fourth-order valence-corrected chi connectivity index (χ4v) is 0.628. The number of hydrogen-bond donors (Lipinski definition) is 1. The Morgan fingerprint density at radius 3 is 3.14 bits per heavy atom. The summed E-state index contributed by atoms with van der Waals surface area (Å²) >= 11 is 0. The van der Waals surface area contributed by atoms with Crippen LogP contribution in [0.4, 0.5) is 0 Å². The topological polar surface area (TPSA) is 21.3 Å². The maximum absolute atomic E-state index is 5.14. The second-order valence-corrected chi connectivity index (χ2v) is 1.60. The van der Waals surface area contributed by atoms with E-state index in [9.17, 15) is 0 Å². The average Bonchev–Trinajstić information content (AvgIpc) is 2.14. The summed E-state index contributed by atoms with van der Waals surface area (Å²) in [6.45, 7) is 4.80. The van der Waals surface area contributed by atoms with Crippen LogP contribution in [0.15, 0.2) is 0 Å². The highest BCUT2D eigenvalue weighted by Crippen LogP contribution is 2.00. The Bertz CT molecular complexity index is 50.0. The van der Waals surface area contributed by atoms with Crippen LogP contribution in [0.2, 0.25) is 0 Å². The molecule has 0 amide bonds. The van der Waals surface area contributed by atoms with Gasteiger partial charge in [-0.25, -0.2) is 0 Å². The summed E-state index contributed by atoms with van der Waals surface area (Å²) in [6.07, 6.45) is 1.34. The van der Waals surface area contributed by atoms with Gasteiger partial charge in [0.1, 0.15) is 6.23 Å². The van der Waals surface area contributed by atoms with Gasteiger partial charge in [-0.3, -0.25) is 5.32 Å². The molecular weight excluding hydrogens is 90.1 g/mol. The molecule has 0 spiro atoms. The molecule has 0 saturated carbocycles. The van der Waals surface area contributed by atoms with Gasteiger partial charge in [0.25, 0.3) is 0 Å². The van der Waals surface area contributed by atoms with Gasteiger partial charge in [-0.05, 0) is 6.42 Å². The summed E-state index contributed by atoms with van der Waals surface area (Å²) in [4.78, 5) is 0. The van der Waals surface area contributed by atoms with Crippen molar-refractivity contribution < 1.29 is 4.74 Å². The number of hydrogen-bond acceptors (Lipinski definition) is 2. The third-order valence-electron chi connectivity index (χ3n) is 1.06. The second kappa shape index (κ2) is 2.28. The predicted octanol–water partition coefficient (Wildman–Crippen LogP) is 0.504. The summed E-state index contributed by atoms with van der Waals surface area (Å²) in [5.74, 6) is 0. The van der Waals surface area contributed by atoms with Gasteiger partial charge in [0, 0.05) is 0 Å². The van der Waals surface area contributed by atoms with Crippen molar-refractivity contribution >= 4 is 0 Å². The Kier molecular flexibility index (Phi) is 1.65. The van der Waals surface area contributed by atoms with Gasteiger partial charge >= 0.3 is 0 Å². The van der Waals surface area contributed by atoms with Crippen molar-refractivity contribution in [1.82, 2.24) is 5.32 Å². The largest absolute Gasteiger partial charge is 0.362 e. The molecule has 1 saturated heterocycles. The average molecular weight is 100 g/mol. The van der Waals surface area contributed by atoms with E-state index in [0.717, 1.165) is 13.0 Å². The Labute approximate surface area is 43.9 Å². The van der Waals surface area contributed by atoms with Crippen LogP contribution in [0.3, 0.4) is 0 Å². The third-order valence-corrected chi connectivity index (χ3v) is 1.06. The van der Waals surface area contributed by atoms with Crippen LogP contribution in [-0.2, 0) is 4.74 Å². The molecule has 1 rings (SSSR count). The van der Waals surface area contributed by atoms with E-state index in [1.54, 1.807) is 0 Å². The number of ether oxygens (including phenoxy) is 1. The minimum absolute atomic E-state index is 0.292. The third kappa shape index (κ3) is 1.14. The first-order valence-corrected chi connectivity index (χ1v) is 2.63. The summed E-state index contributed by atoms with van der Waals surface area (Å²) in [5, 5.41) is 3.06. The van der Waals surface area contributed by atoms with E-state index < -0.39 is 0 Å². The zero-order valence-corrected chi connectivity index (χ0v) is 4.48. The van der Waals surface area contributed by atoms with E-state index in [-0.39, 0.29) is 0 Å². The summed E-state index contributed by atoms with van der Waals surface area (Å²) in [6, 6.07) is 0. The van der Waals surface area contributed by atoms with Crippen LogP contribution in [0.25, 0.3) is 0 Å². The van der Waals surface area contributed by atoms with E-state index in [1.165, 1.54) is 0 Å². The second-order valence-electron chi connectivity index (χ2n) is 1.60.